The van der Waals surface area contributed by atoms with Crippen molar-refractivity contribution < 1.29 is 18.3 Å². The molecule has 158 valence electrons. The number of halogens is 2. The summed E-state index contributed by atoms with van der Waals surface area (Å²) in [7, 11) is 0. The predicted molar refractivity (Wildman–Crippen MR) is 108 cm³/mol. The largest absolute Gasteiger partial charge is 0.486 e. The molecule has 0 bridgehead atoms. The molecule has 1 saturated heterocycles. The van der Waals surface area contributed by atoms with Gasteiger partial charge >= 0.3 is 0 Å². The van der Waals surface area contributed by atoms with Gasteiger partial charge in [0.1, 0.15) is 17.3 Å². The summed E-state index contributed by atoms with van der Waals surface area (Å²) in [6, 6.07) is 2.83. The molecule has 1 aliphatic heterocycles. The lowest BCUT2D eigenvalue weighted by atomic mass is 10.2. The van der Waals surface area contributed by atoms with Crippen LogP contribution in [-0.4, -0.2) is 49.8 Å². The Labute approximate surface area is 169 Å². The number of anilines is 1. The number of amides is 1. The van der Waals surface area contributed by atoms with E-state index < -0.39 is 17.5 Å². The molecule has 6 nitrogen and oxygen atoms in total. The van der Waals surface area contributed by atoms with E-state index in [1.807, 2.05) is 4.90 Å². The van der Waals surface area contributed by atoms with E-state index in [2.05, 4.69) is 10.6 Å². The zero-order valence-corrected chi connectivity index (χ0v) is 16.5. The molecule has 0 spiro atoms. The normalized spacial score (nSPS) is 17.5. The number of allylic oxidation sites excluding steroid dienone is 1. The van der Waals surface area contributed by atoms with Gasteiger partial charge in [-0.3, -0.25) is 4.79 Å². The molecule has 1 aromatic rings. The van der Waals surface area contributed by atoms with E-state index in [-0.39, 0.29) is 11.4 Å². The van der Waals surface area contributed by atoms with Crippen molar-refractivity contribution in [3.63, 3.8) is 0 Å². The van der Waals surface area contributed by atoms with Gasteiger partial charge in [-0.05, 0) is 30.9 Å². The Hall–Kier alpha value is -2.48. The van der Waals surface area contributed by atoms with E-state index >= 15 is 0 Å². The third kappa shape index (κ3) is 6.52. The second-order valence-corrected chi connectivity index (χ2v) is 7.50. The highest BCUT2D eigenvalue weighted by atomic mass is 19.1. The number of hydrogen-bond acceptors (Lipinski definition) is 5. The zero-order chi connectivity index (χ0) is 20.6. The minimum Gasteiger partial charge on any atom is -0.486 e. The highest BCUT2D eigenvalue weighted by Gasteiger charge is 2.23. The monoisotopic (exact) mass is 406 g/mol. The summed E-state index contributed by atoms with van der Waals surface area (Å²) < 4.78 is 32.7. The number of hydrogen-bond donors (Lipinski definition) is 3. The average Bonchev–Trinajstić information content (AvgIpc) is 3.51. The minimum atomic E-state index is -0.777. The van der Waals surface area contributed by atoms with Crippen molar-refractivity contribution in [1.29, 1.82) is 5.41 Å². The summed E-state index contributed by atoms with van der Waals surface area (Å²) in [6.07, 6.45) is 6.74. The number of benzene rings is 1. The van der Waals surface area contributed by atoms with Crippen molar-refractivity contribution in [2.24, 2.45) is 5.92 Å². The van der Waals surface area contributed by atoms with Crippen LogP contribution < -0.4 is 10.6 Å². The Balaban J connectivity index is 1.72. The number of nitrogens with zero attached hydrogens (tertiary/aromatic N) is 1. The van der Waals surface area contributed by atoms with Crippen LogP contribution in [0, 0.1) is 23.0 Å². The highest BCUT2D eigenvalue weighted by Crippen LogP contribution is 2.33. The van der Waals surface area contributed by atoms with Crippen LogP contribution >= 0.6 is 0 Å². The van der Waals surface area contributed by atoms with Crippen molar-refractivity contribution in [2.45, 2.75) is 32.1 Å². The molecule has 2 fully saturated rings. The molecule has 0 radical (unpaired) electrons. The van der Waals surface area contributed by atoms with E-state index in [0.29, 0.717) is 25.4 Å². The standard InChI is InChI=1S/C21H28F2N4O2/c22-16-11-17(23)13-18(12-16)26-21(28)20(29-10-2-1-3-15-4-5-15)19(14-24)27-8-6-25-7-9-27/h11-15,24-25H,1-10H2,(H,26,28). The predicted octanol–water partition coefficient (Wildman–Crippen LogP) is 3.27. The molecule has 1 amide bonds. The fourth-order valence-corrected chi connectivity index (χ4v) is 3.39. The Morgan fingerprint density at radius 1 is 1.21 bits per heavy atom. The van der Waals surface area contributed by atoms with Crippen LogP contribution in [0.15, 0.2) is 29.7 Å². The van der Waals surface area contributed by atoms with Crippen molar-refractivity contribution in [3.8, 4) is 0 Å². The molecule has 29 heavy (non-hydrogen) atoms. The molecule has 0 aromatic heterocycles. The lowest BCUT2D eigenvalue weighted by Gasteiger charge is -2.31. The van der Waals surface area contributed by atoms with Gasteiger partial charge in [0.25, 0.3) is 5.91 Å². The van der Waals surface area contributed by atoms with Gasteiger partial charge in [-0.25, -0.2) is 8.78 Å². The van der Waals surface area contributed by atoms with E-state index in [1.165, 1.54) is 19.3 Å². The summed E-state index contributed by atoms with van der Waals surface area (Å²) in [5, 5.41) is 13.5. The molecule has 0 unspecified atom stereocenters. The van der Waals surface area contributed by atoms with Gasteiger partial charge < -0.3 is 25.7 Å². The second kappa shape index (κ2) is 10.3. The van der Waals surface area contributed by atoms with E-state index in [0.717, 1.165) is 56.3 Å². The van der Waals surface area contributed by atoms with Gasteiger partial charge in [-0.2, -0.15) is 0 Å². The lowest BCUT2D eigenvalue weighted by Crippen LogP contribution is -2.44. The van der Waals surface area contributed by atoms with E-state index in [9.17, 15) is 13.6 Å². The van der Waals surface area contributed by atoms with Crippen molar-refractivity contribution in [3.05, 3.63) is 41.3 Å². The van der Waals surface area contributed by atoms with Crippen molar-refractivity contribution in [2.75, 3.05) is 38.1 Å². The van der Waals surface area contributed by atoms with Gasteiger partial charge in [-0.1, -0.05) is 19.3 Å². The molecule has 1 aliphatic carbocycles. The van der Waals surface area contributed by atoms with Gasteiger partial charge in [0.05, 0.1) is 6.61 Å². The molecule has 3 N–H and O–H groups in total. The lowest BCUT2D eigenvalue weighted by molar-refractivity contribution is -0.116. The molecule has 8 heteroatoms. The first-order valence-corrected chi connectivity index (χ1v) is 10.2. The van der Waals surface area contributed by atoms with Crippen LogP contribution in [0.4, 0.5) is 14.5 Å². The average molecular weight is 406 g/mol. The topological polar surface area (TPSA) is 77.5 Å². The Morgan fingerprint density at radius 3 is 2.52 bits per heavy atom. The first kappa shape index (κ1) is 21.2. The number of nitrogens with one attached hydrogen (secondary N) is 3. The van der Waals surface area contributed by atoms with E-state index in [4.69, 9.17) is 10.1 Å². The molecule has 3 rings (SSSR count). The molecule has 0 atom stereocenters. The fourth-order valence-electron chi connectivity index (χ4n) is 3.39. The molecule has 1 saturated carbocycles. The van der Waals surface area contributed by atoms with Crippen LogP contribution in [0.5, 0.6) is 0 Å². The maximum atomic E-state index is 13.5. The van der Waals surface area contributed by atoms with Gasteiger partial charge in [0.2, 0.25) is 5.76 Å². The molecule has 2 aliphatic rings. The summed E-state index contributed by atoms with van der Waals surface area (Å²) in [6.45, 7) is 3.12. The smallest absolute Gasteiger partial charge is 0.293 e. The van der Waals surface area contributed by atoms with Crippen LogP contribution in [0.1, 0.15) is 32.1 Å². The van der Waals surface area contributed by atoms with Crippen LogP contribution in [0.3, 0.4) is 0 Å². The third-order valence-electron chi connectivity index (χ3n) is 5.10. The summed E-state index contributed by atoms with van der Waals surface area (Å²) in [5.41, 5.74) is 0.384. The Bertz CT molecular complexity index is 739. The maximum absolute atomic E-state index is 13.5. The van der Waals surface area contributed by atoms with Gasteiger partial charge in [-0.15, -0.1) is 0 Å². The van der Waals surface area contributed by atoms with E-state index in [1.54, 1.807) is 0 Å². The summed E-state index contributed by atoms with van der Waals surface area (Å²) in [4.78, 5) is 14.8. The van der Waals surface area contributed by atoms with Gasteiger partial charge in [0, 0.05) is 44.1 Å². The molecule has 1 aromatic carbocycles. The number of rotatable bonds is 10. The number of carbonyl (C=O) groups excluding carboxylic acids is 1. The van der Waals surface area contributed by atoms with Gasteiger partial charge in [0.15, 0.2) is 0 Å². The summed E-state index contributed by atoms with van der Waals surface area (Å²) >= 11 is 0. The highest BCUT2D eigenvalue weighted by molar-refractivity contribution is 6.05. The fraction of sp³-hybridized carbons (Fsp3) is 0.524. The minimum absolute atomic E-state index is 0.00646. The second-order valence-electron chi connectivity index (χ2n) is 7.50. The molecular formula is C21H28F2N4O2. The number of unbranched alkanes of at least 4 members (excludes halogenated alkanes) is 1. The number of carbonyl (C=O) groups is 1. The molecule has 1 heterocycles. The quantitative estimate of drug-likeness (QED) is 0.241. The van der Waals surface area contributed by atoms with Crippen molar-refractivity contribution >= 4 is 17.8 Å². The van der Waals surface area contributed by atoms with Crippen LogP contribution in [0.2, 0.25) is 0 Å². The Morgan fingerprint density at radius 2 is 1.90 bits per heavy atom. The first-order valence-electron chi connectivity index (χ1n) is 10.2. The maximum Gasteiger partial charge on any atom is 0.293 e. The Kier molecular flexibility index (Phi) is 7.57. The first-order chi connectivity index (χ1) is 14.1. The third-order valence-corrected chi connectivity index (χ3v) is 5.10. The zero-order valence-electron chi connectivity index (χ0n) is 16.5. The summed E-state index contributed by atoms with van der Waals surface area (Å²) in [5.74, 6) is -1.32. The van der Waals surface area contributed by atoms with Crippen molar-refractivity contribution in [1.82, 2.24) is 10.2 Å². The molecular weight excluding hydrogens is 378 g/mol. The number of piperazine rings is 1. The number of ether oxygens (including phenoxy) is 1. The van der Waals surface area contributed by atoms with Crippen LogP contribution in [0.25, 0.3) is 0 Å². The van der Waals surface area contributed by atoms with Crippen LogP contribution in [-0.2, 0) is 9.53 Å². The SMILES string of the molecule is N=CC(=C(OCCCCC1CC1)C(=O)Nc1cc(F)cc(F)c1)N1CCNCC1.